The zero-order valence-corrected chi connectivity index (χ0v) is 10.9. The van der Waals surface area contributed by atoms with Gasteiger partial charge in [0.25, 0.3) is 5.91 Å². The van der Waals surface area contributed by atoms with Gasteiger partial charge < -0.3 is 9.47 Å². The van der Waals surface area contributed by atoms with Crippen LogP contribution in [0.2, 0.25) is 0 Å². The lowest BCUT2D eigenvalue weighted by Gasteiger charge is -2.30. The normalized spacial score (nSPS) is 20.9. The van der Waals surface area contributed by atoms with E-state index in [-0.39, 0.29) is 12.0 Å². The molecule has 0 spiro atoms. The Morgan fingerprint density at radius 2 is 2.05 bits per heavy atom. The van der Waals surface area contributed by atoms with Crippen molar-refractivity contribution in [3.05, 3.63) is 29.8 Å². The summed E-state index contributed by atoms with van der Waals surface area (Å²) in [6.45, 7) is 1.79. The number of amides is 1. The number of para-hydroxylation sites is 2. The standard InChI is InChI=1S/C12H11N3O3S/c1-7-10(11(16)14-12-15-13-6-19-12)18-9-5-3-2-4-8(9)17-7/h2-7,10H,1H3,(H,14,15,16). The molecule has 2 aromatic rings. The van der Waals surface area contributed by atoms with Gasteiger partial charge in [-0.1, -0.05) is 23.5 Å². The molecular formula is C12H11N3O3S. The third-order valence-corrected chi connectivity index (χ3v) is 3.30. The summed E-state index contributed by atoms with van der Waals surface area (Å²) in [6, 6.07) is 7.27. The maximum absolute atomic E-state index is 12.1. The van der Waals surface area contributed by atoms with Gasteiger partial charge in [-0.3, -0.25) is 10.1 Å². The minimum atomic E-state index is -0.709. The molecule has 1 aromatic heterocycles. The maximum atomic E-state index is 12.1. The number of fused-ring (bicyclic) bond motifs is 1. The van der Waals surface area contributed by atoms with E-state index in [1.165, 1.54) is 11.3 Å². The summed E-state index contributed by atoms with van der Waals surface area (Å²) in [7, 11) is 0. The lowest BCUT2D eigenvalue weighted by molar-refractivity contribution is -0.128. The van der Waals surface area contributed by atoms with Crippen LogP contribution in [0.1, 0.15) is 6.92 Å². The van der Waals surface area contributed by atoms with Gasteiger partial charge in [-0.05, 0) is 19.1 Å². The van der Waals surface area contributed by atoms with Gasteiger partial charge in [0.15, 0.2) is 11.5 Å². The Labute approximate surface area is 113 Å². The second kappa shape index (κ2) is 4.85. The van der Waals surface area contributed by atoms with Gasteiger partial charge in [0.1, 0.15) is 11.6 Å². The number of ether oxygens (including phenoxy) is 2. The second-order valence-electron chi connectivity index (χ2n) is 4.04. The Morgan fingerprint density at radius 1 is 1.32 bits per heavy atom. The molecule has 1 N–H and O–H groups in total. The zero-order valence-electron chi connectivity index (χ0n) is 10.1. The molecule has 0 saturated carbocycles. The van der Waals surface area contributed by atoms with Gasteiger partial charge in [-0.2, -0.15) is 0 Å². The molecule has 2 heterocycles. The highest BCUT2D eigenvalue weighted by atomic mass is 32.1. The third kappa shape index (κ3) is 2.37. The quantitative estimate of drug-likeness (QED) is 0.904. The Kier molecular flexibility index (Phi) is 3.04. The number of carbonyl (C=O) groups is 1. The van der Waals surface area contributed by atoms with E-state index in [9.17, 15) is 4.79 Å². The molecule has 1 amide bonds. The predicted octanol–water partition coefficient (Wildman–Crippen LogP) is 1.71. The van der Waals surface area contributed by atoms with E-state index in [4.69, 9.17) is 9.47 Å². The van der Waals surface area contributed by atoms with Gasteiger partial charge in [-0.15, -0.1) is 10.2 Å². The highest BCUT2D eigenvalue weighted by Crippen LogP contribution is 2.33. The van der Waals surface area contributed by atoms with Crippen LogP contribution in [0.3, 0.4) is 0 Å². The van der Waals surface area contributed by atoms with Gasteiger partial charge in [0.05, 0.1) is 0 Å². The van der Waals surface area contributed by atoms with Crippen LogP contribution in [-0.2, 0) is 4.79 Å². The fourth-order valence-corrected chi connectivity index (χ4v) is 2.26. The SMILES string of the molecule is CC1Oc2ccccc2OC1C(=O)Nc1nncs1. The molecular weight excluding hydrogens is 266 g/mol. The molecule has 1 aliphatic heterocycles. The van der Waals surface area contributed by atoms with Crippen molar-refractivity contribution in [1.29, 1.82) is 0 Å². The topological polar surface area (TPSA) is 73.3 Å². The monoisotopic (exact) mass is 277 g/mol. The number of hydrogen-bond donors (Lipinski definition) is 1. The van der Waals surface area contributed by atoms with Crippen molar-refractivity contribution in [3.63, 3.8) is 0 Å². The van der Waals surface area contributed by atoms with Crippen LogP contribution < -0.4 is 14.8 Å². The molecule has 2 atom stereocenters. The fourth-order valence-electron chi connectivity index (χ4n) is 1.81. The number of hydrogen-bond acceptors (Lipinski definition) is 6. The highest BCUT2D eigenvalue weighted by Gasteiger charge is 2.34. The minimum absolute atomic E-state index is 0.293. The average Bonchev–Trinajstić information content (AvgIpc) is 2.90. The number of aromatic nitrogens is 2. The summed E-state index contributed by atoms with van der Waals surface area (Å²) in [5.41, 5.74) is 1.55. The Bertz CT molecular complexity index is 588. The number of rotatable bonds is 2. The molecule has 19 heavy (non-hydrogen) atoms. The molecule has 0 bridgehead atoms. The van der Waals surface area contributed by atoms with Crippen molar-refractivity contribution in [3.8, 4) is 11.5 Å². The molecule has 6 nitrogen and oxygen atoms in total. The molecule has 0 fully saturated rings. The van der Waals surface area contributed by atoms with Crippen LogP contribution in [0.4, 0.5) is 5.13 Å². The molecule has 1 aromatic carbocycles. The molecule has 98 valence electrons. The fraction of sp³-hybridized carbons (Fsp3) is 0.250. The summed E-state index contributed by atoms with van der Waals surface area (Å²) in [4.78, 5) is 12.1. The van der Waals surface area contributed by atoms with Crippen molar-refractivity contribution < 1.29 is 14.3 Å². The van der Waals surface area contributed by atoms with Crippen molar-refractivity contribution in [2.45, 2.75) is 19.1 Å². The predicted molar refractivity (Wildman–Crippen MR) is 69.5 cm³/mol. The summed E-state index contributed by atoms with van der Waals surface area (Å²) in [6.07, 6.45) is -1.08. The van der Waals surface area contributed by atoms with E-state index in [1.54, 1.807) is 18.5 Å². The lowest BCUT2D eigenvalue weighted by atomic mass is 10.1. The largest absolute Gasteiger partial charge is 0.482 e. The van der Waals surface area contributed by atoms with Crippen LogP contribution in [0, 0.1) is 0 Å². The van der Waals surface area contributed by atoms with E-state index < -0.39 is 6.10 Å². The number of carbonyl (C=O) groups excluding carboxylic acids is 1. The first kappa shape index (κ1) is 11.9. The van der Waals surface area contributed by atoms with E-state index >= 15 is 0 Å². The number of anilines is 1. The Morgan fingerprint density at radius 3 is 2.74 bits per heavy atom. The molecule has 1 aliphatic rings. The van der Waals surface area contributed by atoms with Crippen molar-refractivity contribution in [2.75, 3.05) is 5.32 Å². The van der Waals surface area contributed by atoms with Crippen LogP contribution >= 0.6 is 11.3 Å². The summed E-state index contributed by atoms with van der Waals surface area (Å²) in [5, 5.41) is 10.5. The molecule has 3 rings (SSSR count). The van der Waals surface area contributed by atoms with Crippen LogP contribution in [-0.4, -0.2) is 28.3 Å². The Balaban J connectivity index is 1.77. The van der Waals surface area contributed by atoms with Gasteiger partial charge in [0.2, 0.25) is 11.2 Å². The van der Waals surface area contributed by atoms with Gasteiger partial charge >= 0.3 is 0 Å². The van der Waals surface area contributed by atoms with Crippen molar-refractivity contribution in [2.24, 2.45) is 0 Å². The van der Waals surface area contributed by atoms with Gasteiger partial charge in [-0.25, -0.2) is 0 Å². The number of nitrogens with zero attached hydrogens (tertiary/aromatic N) is 2. The molecule has 2 unspecified atom stereocenters. The summed E-state index contributed by atoms with van der Waals surface area (Å²) in [5.74, 6) is 0.923. The average molecular weight is 277 g/mol. The number of benzene rings is 1. The molecule has 0 radical (unpaired) electrons. The van der Waals surface area contributed by atoms with E-state index in [0.717, 1.165) is 0 Å². The van der Waals surface area contributed by atoms with Crippen LogP contribution in [0.5, 0.6) is 11.5 Å². The molecule has 7 heteroatoms. The van der Waals surface area contributed by atoms with Crippen molar-refractivity contribution >= 4 is 22.4 Å². The zero-order chi connectivity index (χ0) is 13.2. The lowest BCUT2D eigenvalue weighted by Crippen LogP contribution is -2.46. The van der Waals surface area contributed by atoms with Gasteiger partial charge in [0, 0.05) is 0 Å². The van der Waals surface area contributed by atoms with E-state index in [0.29, 0.717) is 16.6 Å². The highest BCUT2D eigenvalue weighted by molar-refractivity contribution is 7.13. The first-order valence-corrected chi connectivity index (χ1v) is 6.61. The Hall–Kier alpha value is -2.15. The van der Waals surface area contributed by atoms with Crippen LogP contribution in [0.25, 0.3) is 0 Å². The second-order valence-corrected chi connectivity index (χ2v) is 4.87. The molecule has 0 aliphatic carbocycles. The summed E-state index contributed by atoms with van der Waals surface area (Å²) < 4.78 is 11.3. The first-order valence-electron chi connectivity index (χ1n) is 5.73. The molecule has 0 saturated heterocycles. The first-order chi connectivity index (χ1) is 9.24. The van der Waals surface area contributed by atoms with E-state index in [1.807, 2.05) is 18.2 Å². The van der Waals surface area contributed by atoms with Crippen LogP contribution in [0.15, 0.2) is 29.8 Å². The van der Waals surface area contributed by atoms with Crippen molar-refractivity contribution in [1.82, 2.24) is 10.2 Å². The number of nitrogens with one attached hydrogen (secondary N) is 1. The smallest absolute Gasteiger partial charge is 0.271 e. The van der Waals surface area contributed by atoms with E-state index in [2.05, 4.69) is 15.5 Å². The third-order valence-electron chi connectivity index (χ3n) is 2.69. The maximum Gasteiger partial charge on any atom is 0.271 e. The summed E-state index contributed by atoms with van der Waals surface area (Å²) >= 11 is 1.25. The minimum Gasteiger partial charge on any atom is -0.482 e.